The fourth-order valence-corrected chi connectivity index (χ4v) is 4.20. The highest BCUT2D eigenvalue weighted by molar-refractivity contribution is 9.09. The zero-order chi connectivity index (χ0) is 16.1. The van der Waals surface area contributed by atoms with Gasteiger partial charge in [0.15, 0.2) is 0 Å². The van der Waals surface area contributed by atoms with Gasteiger partial charge in [0.1, 0.15) is 12.4 Å². The van der Waals surface area contributed by atoms with E-state index in [1.807, 2.05) is 42.6 Å². The lowest BCUT2D eigenvalue weighted by atomic mass is 10.3. The number of anilines is 1. The van der Waals surface area contributed by atoms with Gasteiger partial charge in [0.05, 0.1) is 18.0 Å². The van der Waals surface area contributed by atoms with Gasteiger partial charge in [-0.25, -0.2) is 0 Å². The second-order valence-corrected chi connectivity index (χ2v) is 7.43. The largest absolute Gasteiger partial charge is 0.489 e. The summed E-state index contributed by atoms with van der Waals surface area (Å²) in [6, 6.07) is 20.6. The molecule has 1 N–H and O–H groups in total. The Morgan fingerprint density at radius 1 is 1.04 bits per heavy atom. The fraction of sp³-hybridized carbons (Fsp3) is 0.167. The number of benzene rings is 2. The van der Waals surface area contributed by atoms with E-state index in [2.05, 4.69) is 49.9 Å². The molecule has 0 radical (unpaired) electrons. The van der Waals surface area contributed by atoms with Gasteiger partial charge in [0, 0.05) is 15.6 Å². The molecule has 2 atom stereocenters. The van der Waals surface area contributed by atoms with E-state index in [1.165, 1.54) is 4.90 Å². The highest BCUT2D eigenvalue weighted by Crippen LogP contribution is 2.39. The number of alkyl halides is 1. The van der Waals surface area contributed by atoms with Crippen LogP contribution in [0.15, 0.2) is 77.5 Å². The van der Waals surface area contributed by atoms with Crippen molar-refractivity contribution in [2.24, 2.45) is 0 Å². The van der Waals surface area contributed by atoms with E-state index in [1.54, 1.807) is 0 Å². The Morgan fingerprint density at radius 3 is 2.35 bits per heavy atom. The van der Waals surface area contributed by atoms with Crippen molar-refractivity contribution >= 4 is 37.7 Å². The van der Waals surface area contributed by atoms with Crippen molar-refractivity contribution in [2.45, 2.75) is 11.0 Å². The molecule has 1 heterocycles. The van der Waals surface area contributed by atoms with Gasteiger partial charge in [-0.3, -0.25) is 4.31 Å². The molecular weight excluding hydrogens is 374 g/mol. The van der Waals surface area contributed by atoms with E-state index < -0.39 is 6.10 Å². The van der Waals surface area contributed by atoms with E-state index in [0.717, 1.165) is 11.4 Å². The van der Waals surface area contributed by atoms with Crippen LogP contribution in [-0.2, 0) is 4.74 Å². The molecule has 1 aliphatic heterocycles. The Labute approximate surface area is 147 Å². The summed E-state index contributed by atoms with van der Waals surface area (Å²) < 4.78 is 7.96. The van der Waals surface area contributed by atoms with E-state index >= 15 is 0 Å². The highest BCUT2D eigenvalue weighted by atomic mass is 79.9. The number of para-hydroxylation sites is 1. The maximum Gasteiger partial charge on any atom is 0.144 e. The number of nitrogens with zero attached hydrogens (tertiary/aromatic N) is 1. The third-order valence-corrected chi connectivity index (χ3v) is 6.00. The Morgan fingerprint density at radius 2 is 1.70 bits per heavy atom. The van der Waals surface area contributed by atoms with Crippen molar-refractivity contribution in [3.63, 3.8) is 0 Å². The summed E-state index contributed by atoms with van der Waals surface area (Å²) in [4.78, 5) is 1.23. The molecule has 5 heteroatoms. The molecule has 2 aromatic carbocycles. The summed E-state index contributed by atoms with van der Waals surface area (Å²) in [5.41, 5.74) is 1.12. The van der Waals surface area contributed by atoms with Crippen molar-refractivity contribution in [1.82, 2.24) is 0 Å². The maximum absolute atomic E-state index is 9.66. The molecule has 23 heavy (non-hydrogen) atoms. The number of halogens is 1. The van der Waals surface area contributed by atoms with Crippen LogP contribution in [0.5, 0.6) is 0 Å². The lowest BCUT2D eigenvalue weighted by Gasteiger charge is -2.21. The smallest absolute Gasteiger partial charge is 0.144 e. The Hall–Kier alpha value is -1.56. The number of rotatable bonds is 6. The number of allylic oxidation sites excluding steroid dienone is 1. The topological polar surface area (TPSA) is 32.7 Å². The van der Waals surface area contributed by atoms with Gasteiger partial charge >= 0.3 is 0 Å². The van der Waals surface area contributed by atoms with Gasteiger partial charge in [0.2, 0.25) is 0 Å². The molecule has 0 fully saturated rings. The molecule has 0 amide bonds. The zero-order valence-electron chi connectivity index (χ0n) is 12.5. The van der Waals surface area contributed by atoms with E-state index in [-0.39, 0.29) is 17.3 Å². The lowest BCUT2D eigenvalue weighted by Crippen LogP contribution is -2.16. The van der Waals surface area contributed by atoms with Gasteiger partial charge in [-0.05, 0) is 24.3 Å². The summed E-state index contributed by atoms with van der Waals surface area (Å²) in [6.07, 6.45) is 1.50. The molecule has 0 aliphatic carbocycles. The van der Waals surface area contributed by atoms with Crippen molar-refractivity contribution in [2.75, 3.05) is 16.2 Å². The van der Waals surface area contributed by atoms with Crippen LogP contribution < -0.4 is 4.31 Å². The normalized spacial score (nSPS) is 18.3. The van der Waals surface area contributed by atoms with Crippen LogP contribution in [0.1, 0.15) is 0 Å². The number of ether oxygens (including phenoxy) is 1. The molecule has 0 saturated carbocycles. The average Bonchev–Trinajstić information content (AvgIpc) is 3.05. The molecule has 0 spiro atoms. The first-order valence-electron chi connectivity index (χ1n) is 7.34. The van der Waals surface area contributed by atoms with Gasteiger partial charge in [-0.2, -0.15) is 0 Å². The number of hydrogen-bond acceptors (Lipinski definition) is 3. The SMILES string of the molecule is OC(CBr)COC1=CN(c2ccccc2)S(c2ccccc2)=C1. The molecular formula is C18H18BrNO2S. The molecule has 1 aliphatic rings. The molecule has 3 nitrogen and oxygen atoms in total. The quantitative estimate of drug-likeness (QED) is 0.592. The Balaban J connectivity index is 1.88. The molecule has 3 rings (SSSR count). The van der Waals surface area contributed by atoms with Gasteiger partial charge < -0.3 is 9.84 Å². The second kappa shape index (κ2) is 7.81. The van der Waals surface area contributed by atoms with Gasteiger partial charge in [-0.1, -0.05) is 63.0 Å². The number of aliphatic hydroxyl groups is 1. The van der Waals surface area contributed by atoms with Crippen LogP contribution in [0.25, 0.3) is 0 Å². The minimum atomic E-state index is -0.506. The minimum absolute atomic E-state index is 0.229. The second-order valence-electron chi connectivity index (χ2n) is 5.06. The molecule has 120 valence electrons. The van der Waals surface area contributed by atoms with Crippen molar-refractivity contribution in [3.8, 4) is 0 Å². The number of aliphatic hydroxyl groups excluding tert-OH is 1. The van der Waals surface area contributed by atoms with Crippen LogP contribution in [0.3, 0.4) is 0 Å². The molecule has 2 unspecified atom stereocenters. The third-order valence-electron chi connectivity index (χ3n) is 3.30. The molecule has 0 bridgehead atoms. The van der Waals surface area contributed by atoms with Gasteiger partial charge in [-0.15, -0.1) is 0 Å². The third kappa shape index (κ3) is 4.05. The van der Waals surface area contributed by atoms with Crippen LogP contribution >= 0.6 is 26.6 Å². The summed E-state index contributed by atoms with van der Waals surface area (Å²) >= 11 is 3.25. The summed E-state index contributed by atoms with van der Waals surface area (Å²) in [7, 11) is -0.229. The summed E-state index contributed by atoms with van der Waals surface area (Å²) in [6.45, 7) is 0.280. The minimum Gasteiger partial charge on any atom is -0.489 e. The fourth-order valence-electron chi connectivity index (χ4n) is 2.18. The zero-order valence-corrected chi connectivity index (χ0v) is 14.9. The lowest BCUT2D eigenvalue weighted by molar-refractivity contribution is 0.0955. The van der Waals surface area contributed by atoms with Crippen molar-refractivity contribution < 1.29 is 9.84 Å². The van der Waals surface area contributed by atoms with Crippen LogP contribution in [-0.4, -0.2) is 28.5 Å². The summed E-state index contributed by atoms with van der Waals surface area (Å²) in [5, 5.41) is 12.3. The van der Waals surface area contributed by atoms with Crippen LogP contribution in [0.2, 0.25) is 0 Å². The van der Waals surface area contributed by atoms with Gasteiger partial charge in [0.25, 0.3) is 0 Å². The summed E-state index contributed by atoms with van der Waals surface area (Å²) in [5.74, 6) is 0.793. The average molecular weight is 392 g/mol. The van der Waals surface area contributed by atoms with E-state index in [9.17, 15) is 5.11 Å². The Bertz CT molecular complexity index is 703. The Kier molecular flexibility index (Phi) is 5.54. The first-order chi connectivity index (χ1) is 11.3. The first-order valence-corrected chi connectivity index (χ1v) is 9.70. The maximum atomic E-state index is 9.66. The predicted octanol–water partition coefficient (Wildman–Crippen LogP) is 4.17. The number of hydrogen-bond donors (Lipinski definition) is 1. The first kappa shape index (κ1) is 16.3. The monoisotopic (exact) mass is 391 g/mol. The van der Waals surface area contributed by atoms with E-state index in [4.69, 9.17) is 4.74 Å². The standard InChI is InChI=1S/C18H18BrNO2S/c19-11-16(21)13-22-17-12-20(15-7-3-1-4-8-15)23(14-17)18-9-5-2-6-10-18/h1-10,12,14,16,21H,11,13H2. The van der Waals surface area contributed by atoms with E-state index in [0.29, 0.717) is 5.33 Å². The highest BCUT2D eigenvalue weighted by Gasteiger charge is 2.19. The van der Waals surface area contributed by atoms with Crippen LogP contribution in [0.4, 0.5) is 5.69 Å². The molecule has 0 saturated heterocycles. The molecule has 2 aromatic rings. The van der Waals surface area contributed by atoms with Crippen molar-refractivity contribution in [3.05, 3.63) is 72.6 Å². The predicted molar refractivity (Wildman–Crippen MR) is 101 cm³/mol. The van der Waals surface area contributed by atoms with Crippen molar-refractivity contribution in [1.29, 1.82) is 0 Å². The molecule has 0 aromatic heterocycles. The van der Waals surface area contributed by atoms with Crippen LogP contribution in [0, 0.1) is 0 Å².